The minimum Gasteiger partial charge on any atom is -0.444 e. The van der Waals surface area contributed by atoms with Gasteiger partial charge in [-0.2, -0.15) is 13.2 Å². The lowest BCUT2D eigenvalue weighted by Gasteiger charge is -2.38. The highest BCUT2D eigenvalue weighted by Gasteiger charge is 2.55. The van der Waals surface area contributed by atoms with Crippen LogP contribution in [0.5, 0.6) is 0 Å². The quantitative estimate of drug-likeness (QED) is 0.582. The van der Waals surface area contributed by atoms with Gasteiger partial charge in [0.1, 0.15) is 11.4 Å². The molecular weight excluding hydrogens is 454 g/mol. The molecule has 1 amide bonds. The van der Waals surface area contributed by atoms with E-state index in [1.54, 1.807) is 34.6 Å². The van der Waals surface area contributed by atoms with Gasteiger partial charge in [0.25, 0.3) is 0 Å². The van der Waals surface area contributed by atoms with E-state index in [-0.39, 0.29) is 16.8 Å². The van der Waals surface area contributed by atoms with E-state index in [9.17, 15) is 27.5 Å². The maximum Gasteiger partial charge on any atom is 0.424 e. The molecule has 2 rings (SSSR count). The molecule has 3 N–H and O–H groups in total. The van der Waals surface area contributed by atoms with Crippen LogP contribution in [0.25, 0.3) is 11.3 Å². The summed E-state index contributed by atoms with van der Waals surface area (Å²) in [5.74, 6) is -0.487. The van der Waals surface area contributed by atoms with Gasteiger partial charge in [-0.3, -0.25) is 0 Å². The number of hydrogen-bond donors (Lipinski definition) is 2. The van der Waals surface area contributed by atoms with Crippen molar-refractivity contribution in [1.29, 1.82) is 0 Å². The lowest BCUT2D eigenvalue weighted by Crippen LogP contribution is -2.49. The maximum atomic E-state index is 13.8. The van der Waals surface area contributed by atoms with Gasteiger partial charge >= 0.3 is 12.3 Å². The fourth-order valence-corrected chi connectivity index (χ4v) is 3.17. The summed E-state index contributed by atoms with van der Waals surface area (Å²) in [6.45, 7) is 8.64. The third-order valence-corrected chi connectivity index (χ3v) is 5.68. The molecule has 1 atom stereocenters. The van der Waals surface area contributed by atoms with Crippen molar-refractivity contribution in [3.8, 4) is 11.3 Å². The molecule has 10 heteroatoms. The summed E-state index contributed by atoms with van der Waals surface area (Å²) in [5.41, 5.74) is 0.0822. The molecule has 1 heterocycles. The molecule has 0 radical (unpaired) electrons. The Hall–Kier alpha value is -2.72. The Labute approximate surface area is 196 Å². The monoisotopic (exact) mass is 485 g/mol. The van der Waals surface area contributed by atoms with E-state index in [2.05, 4.69) is 4.98 Å². The van der Waals surface area contributed by atoms with Crippen molar-refractivity contribution < 1.29 is 32.2 Å². The molecule has 0 aliphatic heterocycles. The number of nitrogens with zero attached hydrogens (tertiary/aromatic N) is 2. The number of rotatable bonds is 5. The zero-order valence-corrected chi connectivity index (χ0v) is 20.3. The highest BCUT2D eigenvalue weighted by molar-refractivity contribution is 5.70. The van der Waals surface area contributed by atoms with E-state index in [4.69, 9.17) is 10.5 Å². The van der Waals surface area contributed by atoms with Crippen LogP contribution >= 0.6 is 0 Å². The van der Waals surface area contributed by atoms with Crippen LogP contribution in [0, 0.1) is 12.7 Å². The SMILES string of the molecule is Cc1cc(-c2cc(C(C)(C)N(C)C(=O)OC(C)(C)C)cc(C(O)(CN)C(F)(F)F)n2)ccc1F. The van der Waals surface area contributed by atoms with Crippen molar-refractivity contribution in [3.05, 3.63) is 53.0 Å². The normalized spacial score (nSPS) is 14.5. The lowest BCUT2D eigenvalue weighted by molar-refractivity contribution is -0.263. The number of carbonyl (C=O) groups excluding carboxylic acids is 1. The first kappa shape index (κ1) is 27.5. The Kier molecular flexibility index (Phi) is 7.40. The molecule has 0 spiro atoms. The van der Waals surface area contributed by atoms with Crippen LogP contribution in [-0.2, 0) is 15.9 Å². The molecule has 1 aromatic carbocycles. The van der Waals surface area contributed by atoms with Gasteiger partial charge in [0.15, 0.2) is 0 Å². The number of hydrogen-bond acceptors (Lipinski definition) is 5. The second-order valence-electron chi connectivity index (χ2n) is 9.75. The number of aryl methyl sites for hydroxylation is 1. The fraction of sp³-hybridized carbons (Fsp3) is 0.500. The van der Waals surface area contributed by atoms with Crippen LogP contribution < -0.4 is 5.73 Å². The van der Waals surface area contributed by atoms with Crippen LogP contribution in [-0.4, -0.2) is 46.5 Å². The molecule has 0 saturated heterocycles. The van der Waals surface area contributed by atoms with Gasteiger partial charge in [-0.25, -0.2) is 14.2 Å². The number of amides is 1. The largest absolute Gasteiger partial charge is 0.444 e. The van der Waals surface area contributed by atoms with Crippen molar-refractivity contribution in [2.75, 3.05) is 13.6 Å². The van der Waals surface area contributed by atoms with Crippen molar-refractivity contribution in [3.63, 3.8) is 0 Å². The first-order valence-corrected chi connectivity index (χ1v) is 10.6. The molecular formula is C24H31F4N3O3. The number of pyridine rings is 1. The number of carbonyl (C=O) groups is 1. The van der Waals surface area contributed by atoms with Gasteiger partial charge in [0, 0.05) is 19.2 Å². The third kappa shape index (κ3) is 5.50. The summed E-state index contributed by atoms with van der Waals surface area (Å²) >= 11 is 0. The Bertz CT molecular complexity index is 1060. The molecule has 0 saturated carbocycles. The van der Waals surface area contributed by atoms with Gasteiger partial charge in [0.05, 0.1) is 16.9 Å². The van der Waals surface area contributed by atoms with Gasteiger partial charge in [-0.15, -0.1) is 0 Å². The number of halogens is 4. The number of aromatic nitrogens is 1. The summed E-state index contributed by atoms with van der Waals surface area (Å²) in [5, 5.41) is 10.5. The third-order valence-electron chi connectivity index (χ3n) is 5.68. The summed E-state index contributed by atoms with van der Waals surface area (Å²) in [7, 11) is 1.45. The minimum atomic E-state index is -5.12. The molecule has 0 aliphatic carbocycles. The zero-order valence-electron chi connectivity index (χ0n) is 20.3. The lowest BCUT2D eigenvalue weighted by atomic mass is 9.88. The minimum absolute atomic E-state index is 0.0531. The Balaban J connectivity index is 2.76. The van der Waals surface area contributed by atoms with Crippen LogP contribution in [0.1, 0.15) is 51.4 Å². The van der Waals surface area contributed by atoms with Crippen LogP contribution in [0.4, 0.5) is 22.4 Å². The Morgan fingerprint density at radius 1 is 1.12 bits per heavy atom. The molecule has 188 valence electrons. The van der Waals surface area contributed by atoms with Crippen LogP contribution in [0.15, 0.2) is 30.3 Å². The molecule has 34 heavy (non-hydrogen) atoms. The van der Waals surface area contributed by atoms with Crippen LogP contribution in [0.3, 0.4) is 0 Å². The molecule has 0 fully saturated rings. The van der Waals surface area contributed by atoms with Crippen molar-refractivity contribution >= 4 is 6.09 Å². The molecule has 1 aromatic heterocycles. The summed E-state index contributed by atoms with van der Waals surface area (Å²) < 4.78 is 60.7. The molecule has 2 aromatic rings. The molecule has 0 bridgehead atoms. The zero-order chi connectivity index (χ0) is 26.3. The molecule has 6 nitrogen and oxygen atoms in total. The maximum absolute atomic E-state index is 13.8. The average molecular weight is 486 g/mol. The first-order chi connectivity index (χ1) is 15.3. The van der Waals surface area contributed by atoms with E-state index in [1.165, 1.54) is 43.1 Å². The molecule has 0 aliphatic rings. The van der Waals surface area contributed by atoms with Crippen molar-refractivity contribution in [2.24, 2.45) is 5.73 Å². The predicted octanol–water partition coefficient (Wildman–Crippen LogP) is 5.01. The van der Waals surface area contributed by atoms with Crippen molar-refractivity contribution in [2.45, 2.75) is 64.5 Å². The number of benzene rings is 1. The second-order valence-corrected chi connectivity index (χ2v) is 9.75. The van der Waals surface area contributed by atoms with Gasteiger partial charge < -0.3 is 20.5 Å². The first-order valence-electron chi connectivity index (χ1n) is 10.6. The van der Waals surface area contributed by atoms with Gasteiger partial charge in [-0.05, 0) is 83.0 Å². The number of ether oxygens (including phenoxy) is 1. The van der Waals surface area contributed by atoms with E-state index in [1.807, 2.05) is 0 Å². The standard InChI is InChI=1S/C24H31F4N3O3/c1-14-10-15(8-9-17(14)25)18-11-16(12-19(30-18)23(33,13-29)24(26,27)28)22(5,6)31(7)20(32)34-21(2,3)4/h8-12,33H,13,29H2,1-7H3. The van der Waals surface area contributed by atoms with Crippen LogP contribution in [0.2, 0.25) is 0 Å². The summed E-state index contributed by atoms with van der Waals surface area (Å²) in [4.78, 5) is 18.0. The average Bonchev–Trinajstić information content (AvgIpc) is 2.72. The Morgan fingerprint density at radius 3 is 2.18 bits per heavy atom. The predicted molar refractivity (Wildman–Crippen MR) is 120 cm³/mol. The van der Waals surface area contributed by atoms with E-state index < -0.39 is 47.1 Å². The second kappa shape index (κ2) is 9.14. The highest BCUT2D eigenvalue weighted by atomic mass is 19.4. The van der Waals surface area contributed by atoms with E-state index in [0.29, 0.717) is 5.56 Å². The smallest absolute Gasteiger partial charge is 0.424 e. The summed E-state index contributed by atoms with van der Waals surface area (Å²) in [6, 6.07) is 6.55. The highest BCUT2D eigenvalue weighted by Crippen LogP contribution is 2.40. The molecule has 1 unspecified atom stereocenters. The van der Waals surface area contributed by atoms with Gasteiger partial charge in [-0.1, -0.05) is 0 Å². The Morgan fingerprint density at radius 2 is 1.71 bits per heavy atom. The van der Waals surface area contributed by atoms with Gasteiger partial charge in [0.2, 0.25) is 5.60 Å². The number of nitrogens with two attached hydrogens (primary N) is 1. The summed E-state index contributed by atoms with van der Waals surface area (Å²) in [6.07, 6.45) is -5.81. The van der Waals surface area contributed by atoms with E-state index in [0.717, 1.165) is 6.07 Å². The topological polar surface area (TPSA) is 88.7 Å². The number of alkyl halides is 3. The fourth-order valence-electron chi connectivity index (χ4n) is 3.17. The number of aliphatic hydroxyl groups is 1. The van der Waals surface area contributed by atoms with Crippen molar-refractivity contribution in [1.82, 2.24) is 9.88 Å². The van der Waals surface area contributed by atoms with E-state index >= 15 is 0 Å².